The molecule has 2 aliphatic heterocycles. The summed E-state index contributed by atoms with van der Waals surface area (Å²) in [6, 6.07) is 5.08. The van der Waals surface area contributed by atoms with Gasteiger partial charge in [-0.05, 0) is 30.7 Å². The fraction of sp³-hybridized carbons (Fsp3) is 0.500. The van der Waals surface area contributed by atoms with Crippen molar-refractivity contribution in [1.29, 1.82) is 0 Å². The highest BCUT2D eigenvalue weighted by Crippen LogP contribution is 2.39. The van der Waals surface area contributed by atoms with Crippen molar-refractivity contribution in [1.82, 2.24) is 14.5 Å². The highest BCUT2D eigenvalue weighted by molar-refractivity contribution is 7.96. The van der Waals surface area contributed by atoms with Gasteiger partial charge in [-0.2, -0.15) is 17.5 Å². The summed E-state index contributed by atoms with van der Waals surface area (Å²) < 4.78 is 68.1. The van der Waals surface area contributed by atoms with E-state index in [4.69, 9.17) is 12.2 Å². The molecule has 2 heterocycles. The summed E-state index contributed by atoms with van der Waals surface area (Å²) in [4.78, 5) is 16.3. The Labute approximate surface area is 219 Å². The number of hydrogen-bond acceptors (Lipinski definition) is 7. The Morgan fingerprint density at radius 3 is 2.49 bits per heavy atom. The summed E-state index contributed by atoms with van der Waals surface area (Å²) >= 11 is 5.30. The van der Waals surface area contributed by atoms with Gasteiger partial charge in [0.2, 0.25) is 15.9 Å². The number of halogens is 3. The van der Waals surface area contributed by atoms with Crippen molar-refractivity contribution in [3.8, 4) is 0 Å². The number of piperazine rings is 2. The van der Waals surface area contributed by atoms with Crippen LogP contribution in [0.3, 0.4) is 0 Å². The van der Waals surface area contributed by atoms with Crippen LogP contribution in [0, 0.1) is 0 Å². The minimum atomic E-state index is -4.84. The van der Waals surface area contributed by atoms with Crippen LogP contribution in [0.4, 0.5) is 18.9 Å². The van der Waals surface area contributed by atoms with E-state index in [9.17, 15) is 31.5 Å². The van der Waals surface area contributed by atoms with Crippen molar-refractivity contribution < 1.29 is 31.5 Å². The first-order valence-corrected chi connectivity index (χ1v) is 13.7. The zero-order valence-electron chi connectivity index (χ0n) is 20.2. The molecule has 8 nitrogen and oxygen atoms in total. The average molecular weight is 559 g/mol. The van der Waals surface area contributed by atoms with E-state index in [1.165, 1.54) is 34.6 Å². The number of carbonyl (C=O) groups excluding carboxylic acids is 1. The van der Waals surface area contributed by atoms with Crippen molar-refractivity contribution in [2.75, 3.05) is 50.7 Å². The van der Waals surface area contributed by atoms with Gasteiger partial charge in [0.1, 0.15) is 0 Å². The summed E-state index contributed by atoms with van der Waals surface area (Å²) in [5.74, 6) is -0.124. The molecule has 1 amide bonds. The molecular weight excluding hydrogens is 529 g/mol. The molecule has 13 heteroatoms. The highest BCUT2D eigenvalue weighted by Gasteiger charge is 2.51. The number of alkyl halides is 3. The smallest absolute Gasteiger partial charge is 0.376 e. The van der Waals surface area contributed by atoms with E-state index in [-0.39, 0.29) is 48.6 Å². The van der Waals surface area contributed by atoms with Crippen LogP contribution in [0.5, 0.6) is 0 Å². The zero-order chi connectivity index (χ0) is 27.0. The van der Waals surface area contributed by atoms with E-state index >= 15 is 0 Å². The third-order valence-corrected chi connectivity index (χ3v) is 9.39. The van der Waals surface area contributed by atoms with Crippen LogP contribution in [0.15, 0.2) is 47.4 Å². The van der Waals surface area contributed by atoms with Crippen LogP contribution in [0.2, 0.25) is 0 Å². The lowest BCUT2D eigenvalue weighted by molar-refractivity contribution is -0.258. The van der Waals surface area contributed by atoms with Gasteiger partial charge in [-0.15, -0.1) is 0 Å². The minimum Gasteiger partial charge on any atom is -0.376 e. The lowest BCUT2D eigenvalue weighted by Crippen LogP contribution is -2.60. The molecule has 2 atom stereocenters. The SMILES string of the molecule is C[C@](O)(c1ccc(N2CCN(S(=O)(=O)C3=CC=CCC3=S)C[C@@H]2CN2CCNC(=O)C2)cc1)C(F)(F)F. The summed E-state index contributed by atoms with van der Waals surface area (Å²) in [5.41, 5.74) is -2.69. The number of thiocarbonyl (C=S) groups is 1. The molecule has 0 saturated carbocycles. The molecule has 4 rings (SSSR count). The van der Waals surface area contributed by atoms with Crippen molar-refractivity contribution in [2.24, 2.45) is 0 Å². The standard InChI is InChI=1S/C24H29F3N4O4S2/c1-23(33,24(25,26)27)17-6-8-18(9-7-17)31-13-12-30(37(34,35)21-5-3-2-4-20(21)36)15-19(31)14-29-11-10-28-22(32)16-29/h2-3,5-9,19,33H,4,10-16H2,1H3,(H,28,32)/t19-,23-/m0/s1. The van der Waals surface area contributed by atoms with E-state index in [2.05, 4.69) is 5.32 Å². The maximum atomic E-state index is 13.4. The van der Waals surface area contributed by atoms with Crippen LogP contribution in [0.1, 0.15) is 18.9 Å². The molecule has 37 heavy (non-hydrogen) atoms. The molecule has 1 aromatic carbocycles. The average Bonchev–Trinajstić information content (AvgIpc) is 2.83. The third-order valence-electron chi connectivity index (χ3n) is 6.92. The van der Waals surface area contributed by atoms with Gasteiger partial charge in [0.25, 0.3) is 0 Å². The molecule has 0 bridgehead atoms. The van der Waals surface area contributed by atoms with Crippen LogP contribution in [-0.2, 0) is 20.4 Å². The largest absolute Gasteiger partial charge is 0.421 e. The predicted molar refractivity (Wildman–Crippen MR) is 138 cm³/mol. The summed E-state index contributed by atoms with van der Waals surface area (Å²) in [6.45, 7) is 2.88. The quantitative estimate of drug-likeness (QED) is 0.516. The van der Waals surface area contributed by atoms with E-state index in [0.29, 0.717) is 43.5 Å². The van der Waals surface area contributed by atoms with Crippen LogP contribution >= 0.6 is 12.2 Å². The third kappa shape index (κ3) is 5.75. The Kier molecular flexibility index (Phi) is 7.82. The normalized spacial score (nSPS) is 24.0. The number of anilines is 1. The Bertz CT molecular complexity index is 1210. The molecule has 1 aromatic rings. The number of benzene rings is 1. The van der Waals surface area contributed by atoms with Gasteiger partial charge < -0.3 is 15.3 Å². The summed E-state index contributed by atoms with van der Waals surface area (Å²) in [7, 11) is -3.85. The molecule has 202 valence electrons. The molecule has 1 aliphatic carbocycles. The molecule has 2 saturated heterocycles. The Hall–Kier alpha value is -2.32. The summed E-state index contributed by atoms with van der Waals surface area (Å²) in [5, 5.41) is 12.8. The van der Waals surface area contributed by atoms with Crippen molar-refractivity contribution in [3.63, 3.8) is 0 Å². The molecule has 0 radical (unpaired) electrons. The minimum absolute atomic E-state index is 0.105. The van der Waals surface area contributed by atoms with E-state index < -0.39 is 21.8 Å². The van der Waals surface area contributed by atoms with Gasteiger partial charge in [0.15, 0.2) is 5.60 Å². The highest BCUT2D eigenvalue weighted by atomic mass is 32.2. The predicted octanol–water partition coefficient (Wildman–Crippen LogP) is 1.92. The van der Waals surface area contributed by atoms with Crippen LogP contribution < -0.4 is 10.2 Å². The summed E-state index contributed by atoms with van der Waals surface area (Å²) in [6.07, 6.45) is 0.502. The van der Waals surface area contributed by atoms with E-state index in [0.717, 1.165) is 0 Å². The number of nitrogens with zero attached hydrogens (tertiary/aromatic N) is 3. The molecule has 3 aliphatic rings. The number of hydrogen-bond donors (Lipinski definition) is 2. The van der Waals surface area contributed by atoms with Crippen LogP contribution in [-0.4, -0.2) is 91.5 Å². The van der Waals surface area contributed by atoms with E-state index in [1.54, 1.807) is 12.2 Å². The second kappa shape index (κ2) is 10.4. The van der Waals surface area contributed by atoms with Crippen LogP contribution in [0.25, 0.3) is 0 Å². The molecule has 2 fully saturated rings. The fourth-order valence-corrected chi connectivity index (χ4v) is 6.79. The number of amides is 1. The Balaban J connectivity index is 1.60. The maximum Gasteiger partial charge on any atom is 0.421 e. The van der Waals surface area contributed by atoms with Crippen molar-refractivity contribution >= 4 is 38.7 Å². The Morgan fingerprint density at radius 1 is 1.16 bits per heavy atom. The number of sulfonamides is 1. The molecule has 0 aromatic heterocycles. The number of carbonyl (C=O) groups is 1. The van der Waals surface area contributed by atoms with Crippen molar-refractivity contribution in [3.05, 3.63) is 53.0 Å². The molecule has 0 unspecified atom stereocenters. The topological polar surface area (TPSA) is 93.2 Å². The van der Waals surface area contributed by atoms with Gasteiger partial charge in [-0.3, -0.25) is 9.69 Å². The number of aliphatic hydroxyl groups is 1. The van der Waals surface area contributed by atoms with Gasteiger partial charge in [0, 0.05) is 56.2 Å². The first-order valence-electron chi connectivity index (χ1n) is 11.9. The lowest BCUT2D eigenvalue weighted by atomic mass is 9.95. The second-order valence-electron chi connectivity index (χ2n) is 9.50. The molecular formula is C24H29F3N4O4S2. The van der Waals surface area contributed by atoms with Gasteiger partial charge in [-0.1, -0.05) is 36.5 Å². The lowest BCUT2D eigenvalue weighted by Gasteiger charge is -2.44. The fourth-order valence-electron chi connectivity index (χ4n) is 4.72. The van der Waals surface area contributed by atoms with E-state index in [1.807, 2.05) is 9.80 Å². The van der Waals surface area contributed by atoms with Crippen molar-refractivity contribution in [2.45, 2.75) is 31.2 Å². The number of nitrogens with one attached hydrogen (secondary N) is 1. The first kappa shape index (κ1) is 27.7. The number of allylic oxidation sites excluding steroid dienone is 4. The van der Waals surface area contributed by atoms with Gasteiger partial charge >= 0.3 is 6.18 Å². The monoisotopic (exact) mass is 558 g/mol. The Morgan fingerprint density at radius 2 is 1.86 bits per heavy atom. The van der Waals surface area contributed by atoms with Gasteiger partial charge in [-0.25, -0.2) is 8.42 Å². The number of rotatable bonds is 6. The molecule has 0 spiro atoms. The second-order valence-corrected chi connectivity index (χ2v) is 11.9. The first-order chi connectivity index (χ1) is 17.3. The zero-order valence-corrected chi connectivity index (χ0v) is 21.9. The molecule has 2 N–H and O–H groups in total. The maximum absolute atomic E-state index is 13.4. The van der Waals surface area contributed by atoms with Gasteiger partial charge in [0.05, 0.1) is 17.5 Å².